The molecule has 8 nitrogen and oxygen atoms in total. The number of ether oxygens (including phenoxy) is 1. The predicted molar refractivity (Wildman–Crippen MR) is 120 cm³/mol. The van der Waals surface area contributed by atoms with Gasteiger partial charge in [0.1, 0.15) is 28.2 Å². The Morgan fingerprint density at radius 2 is 2.03 bits per heavy atom. The molecule has 1 unspecified atom stereocenters. The van der Waals surface area contributed by atoms with Crippen LogP contribution in [0.1, 0.15) is 17.5 Å². The first-order chi connectivity index (χ1) is 15.1. The number of tetrazole rings is 1. The average molecular weight is 451 g/mol. The zero-order valence-corrected chi connectivity index (χ0v) is 18.4. The highest BCUT2D eigenvalue weighted by atomic mass is 32.2. The number of fused-ring (bicyclic) bond motifs is 1. The number of nitriles is 1. The van der Waals surface area contributed by atoms with E-state index in [4.69, 9.17) is 4.74 Å². The van der Waals surface area contributed by atoms with E-state index in [-0.39, 0.29) is 11.3 Å². The van der Waals surface area contributed by atoms with Crippen molar-refractivity contribution >= 4 is 38.9 Å². The molecule has 0 spiro atoms. The number of aliphatic hydroxyl groups excluding tert-OH is 1. The molecule has 10 heteroatoms. The second-order valence-corrected chi connectivity index (χ2v) is 8.92. The van der Waals surface area contributed by atoms with Crippen LogP contribution in [0.15, 0.2) is 59.4 Å². The zero-order chi connectivity index (χ0) is 21.8. The van der Waals surface area contributed by atoms with Crippen molar-refractivity contribution in [1.29, 1.82) is 5.26 Å². The van der Waals surface area contributed by atoms with Crippen LogP contribution in [0, 0.1) is 11.3 Å². The maximum Gasteiger partial charge on any atom is 0.210 e. The Morgan fingerprint density at radius 1 is 1.26 bits per heavy atom. The molecule has 0 aliphatic heterocycles. The maximum absolute atomic E-state index is 10.8. The van der Waals surface area contributed by atoms with Crippen molar-refractivity contribution in [2.45, 2.75) is 23.9 Å². The van der Waals surface area contributed by atoms with Crippen LogP contribution in [0.3, 0.4) is 0 Å². The van der Waals surface area contributed by atoms with Gasteiger partial charge in [0, 0.05) is 0 Å². The van der Waals surface area contributed by atoms with E-state index in [1.165, 1.54) is 23.1 Å². The van der Waals surface area contributed by atoms with E-state index in [1.807, 2.05) is 48.5 Å². The number of thioether (sulfide) groups is 1. The van der Waals surface area contributed by atoms with Gasteiger partial charge in [-0.15, -0.1) is 16.4 Å². The fraction of sp³-hybridized carbons (Fsp3) is 0.190. The highest BCUT2D eigenvalue weighted by Gasteiger charge is 2.21. The van der Waals surface area contributed by atoms with Gasteiger partial charge in [0.05, 0.1) is 29.1 Å². The van der Waals surface area contributed by atoms with E-state index in [0.717, 1.165) is 21.5 Å². The average Bonchev–Trinajstić information content (AvgIpc) is 3.41. The summed E-state index contributed by atoms with van der Waals surface area (Å²) < 4.78 is 7.79. The van der Waals surface area contributed by atoms with Gasteiger partial charge in [0.2, 0.25) is 5.16 Å². The molecule has 156 valence electrons. The first-order valence-corrected chi connectivity index (χ1v) is 11.0. The summed E-state index contributed by atoms with van der Waals surface area (Å²) in [7, 11) is 1.62. The van der Waals surface area contributed by atoms with Gasteiger partial charge in [-0.05, 0) is 47.2 Å². The van der Waals surface area contributed by atoms with Crippen molar-refractivity contribution in [1.82, 2.24) is 25.2 Å². The van der Waals surface area contributed by atoms with Gasteiger partial charge in [-0.2, -0.15) is 5.26 Å². The second-order valence-electron chi connectivity index (χ2n) is 6.59. The SMILES string of the molecule is COc1ccc(Cn2nnnc2SC(C)/C(O)=C(\C#N)c2nc3ccccc3s2)cc1. The fourth-order valence-corrected chi connectivity index (χ4v) is 4.72. The molecule has 0 aliphatic carbocycles. The zero-order valence-electron chi connectivity index (χ0n) is 16.8. The summed E-state index contributed by atoms with van der Waals surface area (Å²) in [5.41, 5.74) is 1.97. The van der Waals surface area contributed by atoms with E-state index >= 15 is 0 Å². The Hall–Kier alpha value is -3.42. The Labute approximate surface area is 186 Å². The molecule has 2 aromatic heterocycles. The molecule has 2 aromatic carbocycles. The molecule has 2 heterocycles. The Bertz CT molecular complexity index is 1240. The molecule has 0 saturated heterocycles. The molecule has 4 rings (SSSR count). The summed E-state index contributed by atoms with van der Waals surface area (Å²) >= 11 is 2.65. The van der Waals surface area contributed by atoms with Crippen LogP contribution in [0.5, 0.6) is 5.75 Å². The molecular weight excluding hydrogens is 432 g/mol. The molecule has 1 N–H and O–H groups in total. The largest absolute Gasteiger partial charge is 0.510 e. The van der Waals surface area contributed by atoms with Gasteiger partial charge in [-0.25, -0.2) is 9.67 Å². The predicted octanol–water partition coefficient (Wildman–Crippen LogP) is 4.31. The minimum Gasteiger partial charge on any atom is -0.510 e. The lowest BCUT2D eigenvalue weighted by Gasteiger charge is -2.11. The number of aromatic nitrogens is 5. The van der Waals surface area contributed by atoms with Crippen LogP contribution in [-0.4, -0.2) is 42.7 Å². The molecule has 0 fully saturated rings. The lowest BCUT2D eigenvalue weighted by Crippen LogP contribution is -2.09. The number of benzene rings is 2. The Kier molecular flexibility index (Phi) is 6.16. The first kappa shape index (κ1) is 20.8. The molecule has 31 heavy (non-hydrogen) atoms. The highest BCUT2D eigenvalue weighted by Crippen LogP contribution is 2.33. The molecular formula is C21H18N6O2S2. The van der Waals surface area contributed by atoms with Gasteiger partial charge in [-0.3, -0.25) is 0 Å². The van der Waals surface area contributed by atoms with Crippen molar-refractivity contribution in [3.05, 3.63) is 64.9 Å². The highest BCUT2D eigenvalue weighted by molar-refractivity contribution is 7.99. The minimum atomic E-state index is -0.442. The molecule has 4 aromatic rings. The Morgan fingerprint density at radius 3 is 2.74 bits per heavy atom. The summed E-state index contributed by atoms with van der Waals surface area (Å²) in [5, 5.41) is 32.9. The van der Waals surface area contributed by atoms with E-state index < -0.39 is 5.25 Å². The maximum atomic E-state index is 10.8. The minimum absolute atomic E-state index is 0.0504. The van der Waals surface area contributed by atoms with E-state index in [0.29, 0.717) is 16.7 Å². The van der Waals surface area contributed by atoms with Crippen molar-refractivity contribution in [3.8, 4) is 11.8 Å². The number of thiazole rings is 1. The molecule has 0 radical (unpaired) electrons. The van der Waals surface area contributed by atoms with Crippen LogP contribution in [-0.2, 0) is 6.54 Å². The van der Waals surface area contributed by atoms with Gasteiger partial charge in [0.15, 0.2) is 0 Å². The number of hydrogen-bond acceptors (Lipinski definition) is 9. The summed E-state index contributed by atoms with van der Waals surface area (Å²) in [6.45, 7) is 2.27. The number of allylic oxidation sites excluding steroid dienone is 1. The summed E-state index contributed by atoms with van der Waals surface area (Å²) in [6, 6.07) is 17.4. The van der Waals surface area contributed by atoms with Crippen molar-refractivity contribution in [2.24, 2.45) is 0 Å². The third kappa shape index (κ3) is 4.52. The van der Waals surface area contributed by atoms with Crippen molar-refractivity contribution < 1.29 is 9.84 Å². The third-order valence-electron chi connectivity index (χ3n) is 4.53. The van der Waals surface area contributed by atoms with Crippen LogP contribution in [0.25, 0.3) is 15.8 Å². The van der Waals surface area contributed by atoms with Crippen molar-refractivity contribution in [2.75, 3.05) is 7.11 Å². The first-order valence-electron chi connectivity index (χ1n) is 9.34. The van der Waals surface area contributed by atoms with Gasteiger partial charge in [0.25, 0.3) is 0 Å². The van der Waals surface area contributed by atoms with Crippen LogP contribution in [0.2, 0.25) is 0 Å². The fourth-order valence-electron chi connectivity index (χ4n) is 2.89. The normalized spacial score (nSPS) is 12.9. The molecule has 1 atom stereocenters. The summed E-state index contributed by atoms with van der Waals surface area (Å²) in [6.07, 6.45) is 0. The number of methoxy groups -OCH3 is 1. The summed E-state index contributed by atoms with van der Waals surface area (Å²) in [4.78, 5) is 4.49. The molecule has 0 amide bonds. The lowest BCUT2D eigenvalue weighted by molar-refractivity contribution is 0.402. The quantitative estimate of drug-likeness (QED) is 0.252. The number of aliphatic hydroxyl groups is 1. The molecule has 0 aliphatic rings. The monoisotopic (exact) mass is 450 g/mol. The third-order valence-corrected chi connectivity index (χ3v) is 6.67. The molecule has 0 saturated carbocycles. The van der Waals surface area contributed by atoms with E-state index in [1.54, 1.807) is 18.7 Å². The smallest absolute Gasteiger partial charge is 0.210 e. The van der Waals surface area contributed by atoms with Crippen LogP contribution < -0.4 is 4.74 Å². The topological polar surface area (TPSA) is 110 Å². The standard InChI is InChI=1S/C21H18N6O2S2/c1-13(19(28)16(11-22)20-23-17-5-3-4-6-18(17)31-20)30-21-24-25-26-27(21)12-14-7-9-15(29-2)10-8-14/h3-10,13,28H,12H2,1-2H3/b19-16-. The van der Waals surface area contributed by atoms with Crippen LogP contribution in [0.4, 0.5) is 0 Å². The van der Waals surface area contributed by atoms with Gasteiger partial charge < -0.3 is 9.84 Å². The van der Waals surface area contributed by atoms with Crippen LogP contribution >= 0.6 is 23.1 Å². The number of hydrogen-bond donors (Lipinski definition) is 1. The summed E-state index contributed by atoms with van der Waals surface area (Å²) in [5.74, 6) is 0.725. The number of nitrogens with zero attached hydrogens (tertiary/aromatic N) is 6. The number of rotatable bonds is 7. The van der Waals surface area contributed by atoms with E-state index in [2.05, 4.69) is 26.6 Å². The Balaban J connectivity index is 1.55. The van der Waals surface area contributed by atoms with Gasteiger partial charge in [-0.1, -0.05) is 36.0 Å². The van der Waals surface area contributed by atoms with Crippen molar-refractivity contribution in [3.63, 3.8) is 0 Å². The van der Waals surface area contributed by atoms with Gasteiger partial charge >= 0.3 is 0 Å². The lowest BCUT2D eigenvalue weighted by atomic mass is 10.2. The second kappa shape index (κ2) is 9.16. The van der Waals surface area contributed by atoms with E-state index in [9.17, 15) is 10.4 Å². The molecule has 0 bridgehead atoms. The number of para-hydroxylation sites is 1.